The molecule has 2 N–H and O–H groups in total. The van der Waals surface area contributed by atoms with E-state index in [1.807, 2.05) is 60.7 Å². The van der Waals surface area contributed by atoms with Gasteiger partial charge in [0.1, 0.15) is 18.4 Å². The molecule has 7 nitrogen and oxygen atoms in total. The summed E-state index contributed by atoms with van der Waals surface area (Å²) in [6, 6.07) is 19.7. The van der Waals surface area contributed by atoms with Crippen molar-refractivity contribution in [2.45, 2.75) is 37.9 Å². The maximum Gasteiger partial charge on any atom is 0.330 e. The summed E-state index contributed by atoms with van der Waals surface area (Å²) < 4.78 is 13.7. The Morgan fingerprint density at radius 3 is 2.27 bits per heavy atom. The number of hydrogen-bond donors (Lipinski definition) is 2. The fraction of sp³-hybridized carbons (Fsp3) is 0.304. The van der Waals surface area contributed by atoms with Crippen LogP contribution in [0.25, 0.3) is 0 Å². The van der Waals surface area contributed by atoms with E-state index in [1.54, 1.807) is 6.92 Å². The van der Waals surface area contributed by atoms with Gasteiger partial charge in [0, 0.05) is 18.2 Å². The molecule has 3 aromatic rings. The second-order valence-electron chi connectivity index (χ2n) is 7.40. The Hall–Kier alpha value is -3.00. The minimum atomic E-state index is -0.637. The van der Waals surface area contributed by atoms with E-state index in [9.17, 15) is 14.7 Å². The van der Waals surface area contributed by atoms with Crippen LogP contribution >= 0.6 is 0 Å². The van der Waals surface area contributed by atoms with Gasteiger partial charge in [-0.05, 0) is 18.1 Å². The van der Waals surface area contributed by atoms with E-state index in [0.717, 1.165) is 11.1 Å². The number of aryl methyl sites for hydroxylation is 1. The predicted molar refractivity (Wildman–Crippen MR) is 111 cm³/mol. The molecule has 1 fully saturated rings. The van der Waals surface area contributed by atoms with Crippen molar-refractivity contribution in [3.8, 4) is 0 Å². The summed E-state index contributed by atoms with van der Waals surface area (Å²) in [5.74, 6) is 0. The number of H-pyrrole nitrogens is 1. The number of nitrogens with one attached hydrogen (secondary N) is 1. The number of aliphatic hydroxyl groups excluding tert-OH is 1. The fourth-order valence-electron chi connectivity index (χ4n) is 3.76. The molecule has 4 rings (SSSR count). The third-order valence-electron chi connectivity index (χ3n) is 5.33. The molecule has 2 aromatic carbocycles. The van der Waals surface area contributed by atoms with Crippen molar-refractivity contribution < 1.29 is 14.6 Å². The highest BCUT2D eigenvalue weighted by Gasteiger charge is 2.39. The highest BCUT2D eigenvalue weighted by molar-refractivity contribution is 5.30. The first-order chi connectivity index (χ1) is 14.6. The topological polar surface area (TPSA) is 93.6 Å². The van der Waals surface area contributed by atoms with Crippen molar-refractivity contribution in [3.63, 3.8) is 0 Å². The molecular formula is C23H24N2O5. The Morgan fingerprint density at radius 2 is 1.70 bits per heavy atom. The molecule has 0 amide bonds. The van der Waals surface area contributed by atoms with Gasteiger partial charge in [-0.2, -0.15) is 0 Å². The van der Waals surface area contributed by atoms with E-state index in [-0.39, 0.29) is 12.7 Å². The minimum Gasteiger partial charge on any atom is -0.394 e. The Balaban J connectivity index is 1.63. The monoisotopic (exact) mass is 408 g/mol. The molecule has 3 atom stereocenters. The van der Waals surface area contributed by atoms with Gasteiger partial charge in [-0.1, -0.05) is 60.7 Å². The van der Waals surface area contributed by atoms with E-state index >= 15 is 0 Å². The molecule has 0 aliphatic carbocycles. The highest BCUT2D eigenvalue weighted by Crippen LogP contribution is 2.35. The van der Waals surface area contributed by atoms with Gasteiger partial charge < -0.3 is 14.6 Å². The number of nitrogens with zero attached hydrogens (tertiary/aromatic N) is 1. The van der Waals surface area contributed by atoms with Gasteiger partial charge >= 0.3 is 5.69 Å². The molecule has 7 heteroatoms. The lowest BCUT2D eigenvalue weighted by atomic mass is 10.0. The Labute approximate surface area is 173 Å². The van der Waals surface area contributed by atoms with Crippen molar-refractivity contribution in [2.75, 3.05) is 6.61 Å². The molecule has 1 aromatic heterocycles. The smallest absolute Gasteiger partial charge is 0.330 e. The lowest BCUT2D eigenvalue weighted by Gasteiger charge is -2.25. The summed E-state index contributed by atoms with van der Waals surface area (Å²) in [7, 11) is 0. The highest BCUT2D eigenvalue weighted by atomic mass is 16.6. The fourth-order valence-corrected chi connectivity index (χ4v) is 3.76. The standard InChI is InChI=1S/C23H24N2O5/c1-15-13-25(23(28)24-22(15)27)20-12-18(19(14-26)29-20)30-21(16-8-4-2-5-9-16)17-10-6-3-7-11-17/h2-11,13,18-21,26H,12,14H2,1H3,(H,24,27,28)/t18-,19+,20+/m0/s1. The largest absolute Gasteiger partial charge is 0.394 e. The van der Waals surface area contributed by atoms with Gasteiger partial charge in [-0.15, -0.1) is 0 Å². The predicted octanol–water partition coefficient (Wildman–Crippen LogP) is 2.30. The van der Waals surface area contributed by atoms with Crippen molar-refractivity contribution in [3.05, 3.63) is 104 Å². The second-order valence-corrected chi connectivity index (χ2v) is 7.40. The molecule has 1 aliphatic heterocycles. The van der Waals surface area contributed by atoms with Gasteiger partial charge in [0.25, 0.3) is 5.56 Å². The molecule has 1 aliphatic rings. The van der Waals surface area contributed by atoms with Crippen molar-refractivity contribution in [1.29, 1.82) is 0 Å². The molecule has 1 saturated heterocycles. The van der Waals surface area contributed by atoms with Gasteiger partial charge in [-0.25, -0.2) is 4.79 Å². The van der Waals surface area contributed by atoms with E-state index in [2.05, 4.69) is 4.98 Å². The van der Waals surface area contributed by atoms with Gasteiger partial charge in [0.05, 0.1) is 12.7 Å². The summed E-state index contributed by atoms with van der Waals surface area (Å²) >= 11 is 0. The quantitative estimate of drug-likeness (QED) is 0.653. The van der Waals surface area contributed by atoms with E-state index in [0.29, 0.717) is 12.0 Å². The summed E-state index contributed by atoms with van der Waals surface area (Å²) in [6.45, 7) is 1.39. The maximum absolute atomic E-state index is 12.3. The second kappa shape index (κ2) is 8.79. The molecule has 2 heterocycles. The Bertz CT molecular complexity index is 1050. The first kappa shape index (κ1) is 20.3. The average Bonchev–Trinajstić information content (AvgIpc) is 3.18. The summed E-state index contributed by atoms with van der Waals surface area (Å²) in [5.41, 5.74) is 1.42. The number of hydrogen-bond acceptors (Lipinski definition) is 5. The third kappa shape index (κ3) is 4.14. The molecule has 0 unspecified atom stereocenters. The first-order valence-corrected chi connectivity index (χ1v) is 9.90. The van der Waals surface area contributed by atoms with Crippen LogP contribution in [0.5, 0.6) is 0 Å². The van der Waals surface area contributed by atoms with Crippen LogP contribution in [0.1, 0.15) is 35.4 Å². The number of ether oxygens (including phenoxy) is 2. The van der Waals surface area contributed by atoms with Crippen LogP contribution in [0.3, 0.4) is 0 Å². The van der Waals surface area contributed by atoms with Crippen LogP contribution < -0.4 is 11.2 Å². The lowest BCUT2D eigenvalue weighted by molar-refractivity contribution is -0.0752. The molecule has 0 radical (unpaired) electrons. The van der Waals surface area contributed by atoms with Crippen LogP contribution in [0, 0.1) is 6.92 Å². The number of benzene rings is 2. The number of aromatic nitrogens is 2. The van der Waals surface area contributed by atoms with E-state index < -0.39 is 29.7 Å². The number of aromatic amines is 1. The number of rotatable bonds is 6. The number of aliphatic hydroxyl groups is 1. The van der Waals surface area contributed by atoms with E-state index in [1.165, 1.54) is 10.8 Å². The molecule has 0 spiro atoms. The Morgan fingerprint density at radius 1 is 1.10 bits per heavy atom. The normalized spacial score (nSPS) is 21.2. The average molecular weight is 408 g/mol. The SMILES string of the molecule is Cc1cn([C@H]2C[C@H](OC(c3ccccc3)c3ccccc3)[C@@H](CO)O2)c(=O)[nH]c1=O. The third-order valence-corrected chi connectivity index (χ3v) is 5.33. The maximum atomic E-state index is 12.3. The van der Waals surface area contributed by atoms with Crippen LogP contribution in [0.4, 0.5) is 0 Å². The molecule has 0 bridgehead atoms. The van der Waals surface area contributed by atoms with Gasteiger partial charge in [0.2, 0.25) is 0 Å². The van der Waals surface area contributed by atoms with Crippen molar-refractivity contribution in [1.82, 2.24) is 9.55 Å². The van der Waals surface area contributed by atoms with Gasteiger partial charge in [-0.3, -0.25) is 14.3 Å². The van der Waals surface area contributed by atoms with Crippen LogP contribution in [0.15, 0.2) is 76.4 Å². The zero-order valence-electron chi connectivity index (χ0n) is 16.6. The molecule has 0 saturated carbocycles. The van der Waals surface area contributed by atoms with Crippen LogP contribution in [0.2, 0.25) is 0 Å². The zero-order valence-corrected chi connectivity index (χ0v) is 16.6. The Kier molecular flexibility index (Phi) is 5.94. The summed E-state index contributed by atoms with van der Waals surface area (Å²) in [4.78, 5) is 26.2. The lowest BCUT2D eigenvalue weighted by Crippen LogP contribution is -2.33. The molecule has 30 heavy (non-hydrogen) atoms. The first-order valence-electron chi connectivity index (χ1n) is 9.90. The van der Waals surface area contributed by atoms with Crippen molar-refractivity contribution in [2.24, 2.45) is 0 Å². The zero-order chi connectivity index (χ0) is 21.1. The van der Waals surface area contributed by atoms with Crippen LogP contribution in [-0.4, -0.2) is 33.5 Å². The van der Waals surface area contributed by atoms with Crippen LogP contribution in [-0.2, 0) is 9.47 Å². The summed E-state index contributed by atoms with van der Waals surface area (Å²) in [5, 5.41) is 9.87. The minimum absolute atomic E-state index is 0.242. The molecule has 156 valence electrons. The molecular weight excluding hydrogens is 384 g/mol. The summed E-state index contributed by atoms with van der Waals surface area (Å²) in [6.07, 6.45) is -0.166. The van der Waals surface area contributed by atoms with Gasteiger partial charge in [0.15, 0.2) is 0 Å². The van der Waals surface area contributed by atoms with E-state index in [4.69, 9.17) is 9.47 Å². The van der Waals surface area contributed by atoms with Crippen molar-refractivity contribution >= 4 is 0 Å².